The number of fused-ring (bicyclic) bond motifs is 1. The van der Waals surface area contributed by atoms with Crippen molar-refractivity contribution in [3.63, 3.8) is 0 Å². The molecule has 1 aliphatic heterocycles. The third-order valence-corrected chi connectivity index (χ3v) is 5.29. The number of hydrogen-bond donors (Lipinski definition) is 1. The lowest BCUT2D eigenvalue weighted by Crippen LogP contribution is -2.08. The Balaban J connectivity index is 1.47. The molecule has 1 atom stereocenters. The minimum atomic E-state index is -0.321. The maximum atomic E-state index is 11.9. The summed E-state index contributed by atoms with van der Waals surface area (Å²) in [7, 11) is 0. The third kappa shape index (κ3) is 3.35. The quantitative estimate of drug-likeness (QED) is 0.512. The van der Waals surface area contributed by atoms with E-state index in [1.165, 1.54) is 0 Å². The van der Waals surface area contributed by atoms with Gasteiger partial charge in [-0.3, -0.25) is 4.68 Å². The molecule has 1 N–H and O–H groups in total. The van der Waals surface area contributed by atoms with Gasteiger partial charge in [0.2, 0.25) is 0 Å². The Bertz CT molecular complexity index is 1190. The van der Waals surface area contributed by atoms with Crippen LogP contribution in [-0.2, 0) is 9.47 Å². The average molecular weight is 403 g/mol. The Morgan fingerprint density at radius 1 is 1.27 bits per heavy atom. The van der Waals surface area contributed by atoms with Crippen LogP contribution in [-0.4, -0.2) is 50.5 Å². The molecule has 0 bridgehead atoms. The highest BCUT2D eigenvalue weighted by atomic mass is 16.5. The minimum Gasteiger partial charge on any atom is -0.462 e. The van der Waals surface area contributed by atoms with Crippen LogP contribution >= 0.6 is 0 Å². The number of aromatic amines is 1. The Morgan fingerprint density at radius 3 is 2.90 bits per heavy atom. The lowest BCUT2D eigenvalue weighted by atomic mass is 10.1. The van der Waals surface area contributed by atoms with Crippen LogP contribution in [0.5, 0.6) is 0 Å². The summed E-state index contributed by atoms with van der Waals surface area (Å²) in [5.41, 5.74) is 4.90. The van der Waals surface area contributed by atoms with E-state index in [2.05, 4.69) is 20.1 Å². The number of nitrogens with zero attached hydrogens (tertiary/aromatic N) is 4. The van der Waals surface area contributed by atoms with Crippen molar-refractivity contribution in [2.75, 3.05) is 19.8 Å². The molecule has 0 amide bonds. The van der Waals surface area contributed by atoms with E-state index in [0.717, 1.165) is 46.6 Å². The van der Waals surface area contributed by atoms with Gasteiger partial charge in [-0.15, -0.1) is 0 Å². The van der Waals surface area contributed by atoms with E-state index < -0.39 is 0 Å². The molecule has 4 aromatic rings. The first-order chi connectivity index (χ1) is 14.7. The predicted octanol–water partition coefficient (Wildman–Crippen LogP) is 3.63. The van der Waals surface area contributed by atoms with Gasteiger partial charge in [0, 0.05) is 29.4 Å². The van der Waals surface area contributed by atoms with Gasteiger partial charge < -0.3 is 14.5 Å². The second-order valence-electron chi connectivity index (χ2n) is 7.19. The summed E-state index contributed by atoms with van der Waals surface area (Å²) < 4.78 is 12.5. The predicted molar refractivity (Wildman–Crippen MR) is 111 cm³/mol. The molecule has 1 fully saturated rings. The van der Waals surface area contributed by atoms with E-state index in [4.69, 9.17) is 9.47 Å². The van der Waals surface area contributed by atoms with Crippen molar-refractivity contribution in [3.05, 3.63) is 54.6 Å². The minimum absolute atomic E-state index is 0.274. The van der Waals surface area contributed by atoms with Crippen LogP contribution in [0.25, 0.3) is 33.5 Å². The lowest BCUT2D eigenvalue weighted by Gasteiger charge is -2.06. The van der Waals surface area contributed by atoms with Crippen LogP contribution in [0, 0.1) is 0 Å². The summed E-state index contributed by atoms with van der Waals surface area (Å²) in [5.74, 6) is -0.321. The number of esters is 1. The zero-order valence-electron chi connectivity index (χ0n) is 16.5. The van der Waals surface area contributed by atoms with Crippen molar-refractivity contribution in [2.24, 2.45) is 0 Å². The smallest absolute Gasteiger partial charge is 0.338 e. The second kappa shape index (κ2) is 7.72. The summed E-state index contributed by atoms with van der Waals surface area (Å²) in [6.45, 7) is 3.61. The summed E-state index contributed by atoms with van der Waals surface area (Å²) in [5, 5.41) is 5.43. The fraction of sp³-hybridized carbons (Fsp3) is 0.273. The zero-order chi connectivity index (χ0) is 20.5. The monoisotopic (exact) mass is 403 g/mol. The maximum absolute atomic E-state index is 11.9. The van der Waals surface area contributed by atoms with Crippen LogP contribution in [0.1, 0.15) is 29.7 Å². The zero-order valence-corrected chi connectivity index (χ0v) is 16.5. The molecule has 30 heavy (non-hydrogen) atoms. The van der Waals surface area contributed by atoms with Gasteiger partial charge in [-0.05, 0) is 37.1 Å². The summed E-state index contributed by atoms with van der Waals surface area (Å²) in [6, 6.07) is 9.61. The number of carbonyl (C=O) groups is 1. The molecule has 1 unspecified atom stereocenters. The van der Waals surface area contributed by atoms with Gasteiger partial charge in [0.25, 0.3) is 0 Å². The van der Waals surface area contributed by atoms with Crippen LogP contribution < -0.4 is 0 Å². The standard InChI is InChI=1S/C22H21N5O3/c1-2-30-22(28)15-5-3-14(4-6-15)19-9-18-20(23-13-24-21(18)26-19)16-10-25-27(11-16)17-7-8-29-12-17/h3-6,9-11,13,17H,2,7-8,12H2,1H3,(H,23,24,26). The van der Waals surface area contributed by atoms with Gasteiger partial charge in [0.1, 0.15) is 12.0 Å². The fourth-order valence-electron chi connectivity index (χ4n) is 3.72. The van der Waals surface area contributed by atoms with E-state index >= 15 is 0 Å². The molecule has 8 heteroatoms. The molecule has 1 saturated heterocycles. The topological polar surface area (TPSA) is 94.9 Å². The molecule has 8 nitrogen and oxygen atoms in total. The number of ether oxygens (including phenoxy) is 2. The first kappa shape index (κ1) is 18.5. The Kier molecular flexibility index (Phi) is 4.76. The number of rotatable bonds is 5. The van der Waals surface area contributed by atoms with Gasteiger partial charge in [-0.1, -0.05) is 12.1 Å². The van der Waals surface area contributed by atoms with Crippen molar-refractivity contribution in [1.29, 1.82) is 0 Å². The molecule has 3 aromatic heterocycles. The molecule has 5 rings (SSSR count). The van der Waals surface area contributed by atoms with Gasteiger partial charge in [-0.2, -0.15) is 5.10 Å². The highest BCUT2D eigenvalue weighted by Crippen LogP contribution is 2.30. The van der Waals surface area contributed by atoms with E-state index in [1.807, 2.05) is 35.3 Å². The lowest BCUT2D eigenvalue weighted by molar-refractivity contribution is 0.0526. The number of H-pyrrole nitrogens is 1. The molecule has 0 aliphatic carbocycles. The number of carbonyl (C=O) groups excluding carboxylic acids is 1. The molecular formula is C22H21N5O3. The summed E-state index contributed by atoms with van der Waals surface area (Å²) in [4.78, 5) is 24.1. The van der Waals surface area contributed by atoms with Crippen molar-refractivity contribution in [3.8, 4) is 22.5 Å². The average Bonchev–Trinajstić information content (AvgIpc) is 3.53. The molecule has 0 radical (unpaired) electrons. The molecule has 0 saturated carbocycles. The van der Waals surface area contributed by atoms with E-state index in [0.29, 0.717) is 18.8 Å². The number of hydrogen-bond acceptors (Lipinski definition) is 6. The second-order valence-corrected chi connectivity index (χ2v) is 7.19. The third-order valence-electron chi connectivity index (χ3n) is 5.29. The Labute approximate surface area is 172 Å². The number of aromatic nitrogens is 5. The van der Waals surface area contributed by atoms with Crippen molar-refractivity contribution < 1.29 is 14.3 Å². The van der Waals surface area contributed by atoms with Crippen LogP contribution in [0.2, 0.25) is 0 Å². The van der Waals surface area contributed by atoms with Crippen LogP contribution in [0.4, 0.5) is 0 Å². The van der Waals surface area contributed by atoms with Crippen molar-refractivity contribution >= 4 is 17.0 Å². The van der Waals surface area contributed by atoms with E-state index in [9.17, 15) is 4.79 Å². The molecule has 4 heterocycles. The first-order valence-electron chi connectivity index (χ1n) is 9.96. The first-order valence-corrected chi connectivity index (χ1v) is 9.96. The number of nitrogens with one attached hydrogen (secondary N) is 1. The van der Waals surface area contributed by atoms with Crippen LogP contribution in [0.3, 0.4) is 0 Å². The normalized spacial score (nSPS) is 16.2. The molecular weight excluding hydrogens is 382 g/mol. The van der Waals surface area contributed by atoms with Crippen molar-refractivity contribution in [1.82, 2.24) is 24.7 Å². The van der Waals surface area contributed by atoms with Gasteiger partial charge in [-0.25, -0.2) is 14.8 Å². The summed E-state index contributed by atoms with van der Waals surface area (Å²) in [6.07, 6.45) is 6.37. The molecule has 152 valence electrons. The molecule has 1 aromatic carbocycles. The van der Waals surface area contributed by atoms with E-state index in [-0.39, 0.29) is 12.0 Å². The SMILES string of the molecule is CCOC(=O)c1ccc(-c2cc3c(-c4cnn(C5CCOC5)c4)ncnc3[nH]2)cc1. The van der Waals surface area contributed by atoms with Gasteiger partial charge in [0.15, 0.2) is 0 Å². The number of benzene rings is 1. The van der Waals surface area contributed by atoms with Gasteiger partial charge in [0.05, 0.1) is 36.7 Å². The highest BCUT2D eigenvalue weighted by molar-refractivity contribution is 5.94. The maximum Gasteiger partial charge on any atom is 0.338 e. The van der Waals surface area contributed by atoms with Crippen molar-refractivity contribution in [2.45, 2.75) is 19.4 Å². The van der Waals surface area contributed by atoms with E-state index in [1.54, 1.807) is 25.4 Å². The van der Waals surface area contributed by atoms with Gasteiger partial charge >= 0.3 is 5.97 Å². The highest BCUT2D eigenvalue weighted by Gasteiger charge is 2.20. The molecule has 0 spiro atoms. The largest absolute Gasteiger partial charge is 0.462 e. The van der Waals surface area contributed by atoms with Crippen LogP contribution in [0.15, 0.2) is 49.1 Å². The molecule has 1 aliphatic rings. The summed E-state index contributed by atoms with van der Waals surface area (Å²) >= 11 is 0. The fourth-order valence-corrected chi connectivity index (χ4v) is 3.72. The Hall–Kier alpha value is -3.52. The Morgan fingerprint density at radius 2 is 2.13 bits per heavy atom.